The van der Waals surface area contributed by atoms with Crippen molar-refractivity contribution in [1.29, 1.82) is 0 Å². The molecule has 0 atom stereocenters. The molecule has 5 nitrogen and oxygen atoms in total. The van der Waals surface area contributed by atoms with Crippen molar-refractivity contribution in [3.8, 4) is 5.75 Å². The number of carbonyl (C=O) groups excluding carboxylic acids is 1. The summed E-state index contributed by atoms with van der Waals surface area (Å²) < 4.78 is 11.2. The maximum Gasteiger partial charge on any atom is 0.254 e. The Morgan fingerprint density at radius 1 is 0.966 bits per heavy atom. The normalized spacial score (nSPS) is 10.8. The largest absolute Gasteiger partial charge is 0.491 e. The predicted molar refractivity (Wildman–Crippen MR) is 115 cm³/mol. The minimum Gasteiger partial charge on any atom is -0.491 e. The molecule has 5 heteroatoms. The van der Waals surface area contributed by atoms with Gasteiger partial charge in [0.2, 0.25) is 0 Å². The second kappa shape index (κ2) is 9.32. The summed E-state index contributed by atoms with van der Waals surface area (Å²) in [5.41, 5.74) is 2.81. The highest BCUT2D eigenvalue weighted by molar-refractivity contribution is 5.94. The Balaban J connectivity index is 1.79. The SMILES string of the molecule is CC(C)Oc1ccc(C(=O)N(Cc2ccc(N(C)C)cc2)Cc2ccco2)cc1. The number of rotatable bonds is 8. The maximum absolute atomic E-state index is 13.2. The third-order valence-electron chi connectivity index (χ3n) is 4.51. The summed E-state index contributed by atoms with van der Waals surface area (Å²) in [7, 11) is 4.02. The van der Waals surface area contributed by atoms with Crippen LogP contribution in [0.1, 0.15) is 35.5 Å². The van der Waals surface area contributed by atoms with E-state index in [1.165, 1.54) is 0 Å². The summed E-state index contributed by atoms with van der Waals surface area (Å²) >= 11 is 0. The summed E-state index contributed by atoms with van der Waals surface area (Å²) in [6, 6.07) is 19.2. The van der Waals surface area contributed by atoms with Gasteiger partial charge >= 0.3 is 0 Å². The van der Waals surface area contributed by atoms with E-state index in [0.29, 0.717) is 18.7 Å². The van der Waals surface area contributed by atoms with Gasteiger partial charge < -0.3 is 19.0 Å². The Kier molecular flexibility index (Phi) is 6.60. The van der Waals surface area contributed by atoms with Crippen molar-refractivity contribution < 1.29 is 13.9 Å². The molecule has 0 N–H and O–H groups in total. The molecule has 0 radical (unpaired) electrons. The number of anilines is 1. The first kappa shape index (κ1) is 20.5. The number of nitrogens with zero attached hydrogens (tertiary/aromatic N) is 2. The lowest BCUT2D eigenvalue weighted by Gasteiger charge is -2.23. The van der Waals surface area contributed by atoms with Crippen molar-refractivity contribution in [3.05, 3.63) is 83.8 Å². The summed E-state index contributed by atoms with van der Waals surface area (Å²) in [5.74, 6) is 1.46. The standard InChI is InChI=1S/C24H28N2O3/c1-18(2)29-22-13-9-20(10-14-22)24(27)26(17-23-6-5-15-28-23)16-19-7-11-21(12-8-19)25(3)4/h5-15,18H,16-17H2,1-4H3. The van der Waals surface area contributed by atoms with Gasteiger partial charge in [-0.15, -0.1) is 0 Å². The Hall–Kier alpha value is -3.21. The first-order valence-electron chi connectivity index (χ1n) is 9.77. The molecule has 0 unspecified atom stereocenters. The molecule has 0 aliphatic heterocycles. The molecule has 1 amide bonds. The van der Waals surface area contributed by atoms with Crippen LogP contribution in [0.25, 0.3) is 0 Å². The third-order valence-corrected chi connectivity index (χ3v) is 4.51. The van der Waals surface area contributed by atoms with Crippen molar-refractivity contribution in [1.82, 2.24) is 4.90 Å². The first-order chi connectivity index (χ1) is 13.9. The minimum atomic E-state index is -0.0471. The fourth-order valence-electron chi connectivity index (χ4n) is 3.04. The number of ether oxygens (including phenoxy) is 1. The van der Waals surface area contributed by atoms with E-state index < -0.39 is 0 Å². The molecule has 29 heavy (non-hydrogen) atoms. The summed E-state index contributed by atoms with van der Waals surface area (Å²) in [6.07, 6.45) is 1.72. The highest BCUT2D eigenvalue weighted by Crippen LogP contribution is 2.19. The Bertz CT molecular complexity index is 898. The number of furan rings is 1. The molecule has 0 aliphatic rings. The lowest BCUT2D eigenvalue weighted by molar-refractivity contribution is 0.0717. The summed E-state index contributed by atoms with van der Waals surface area (Å²) in [5, 5.41) is 0. The van der Waals surface area contributed by atoms with Gasteiger partial charge in [0.25, 0.3) is 5.91 Å². The Morgan fingerprint density at radius 2 is 1.66 bits per heavy atom. The molecule has 1 aromatic heterocycles. The van der Waals surface area contributed by atoms with Crippen molar-refractivity contribution in [2.45, 2.75) is 33.0 Å². The predicted octanol–water partition coefficient (Wildman–Crippen LogP) is 4.98. The molecule has 0 aliphatic carbocycles. The first-order valence-corrected chi connectivity index (χ1v) is 9.77. The van der Waals surface area contributed by atoms with Gasteiger partial charge in [0.15, 0.2) is 0 Å². The lowest BCUT2D eigenvalue weighted by atomic mass is 10.1. The third kappa shape index (κ3) is 5.64. The van der Waals surface area contributed by atoms with E-state index >= 15 is 0 Å². The highest BCUT2D eigenvalue weighted by atomic mass is 16.5. The van der Waals surface area contributed by atoms with E-state index in [9.17, 15) is 4.79 Å². The van der Waals surface area contributed by atoms with Gasteiger partial charge in [0.05, 0.1) is 18.9 Å². The zero-order valence-corrected chi connectivity index (χ0v) is 17.5. The van der Waals surface area contributed by atoms with Crippen LogP contribution in [-0.2, 0) is 13.1 Å². The van der Waals surface area contributed by atoms with Gasteiger partial charge in [0, 0.05) is 31.9 Å². The van der Waals surface area contributed by atoms with Crippen molar-refractivity contribution >= 4 is 11.6 Å². The molecule has 0 saturated heterocycles. The molecule has 2 aromatic carbocycles. The molecule has 3 rings (SSSR count). The summed E-state index contributed by atoms with van der Waals surface area (Å²) in [6.45, 7) is 4.86. The van der Waals surface area contributed by atoms with Crippen LogP contribution in [0.4, 0.5) is 5.69 Å². The molecule has 152 valence electrons. The van der Waals surface area contributed by atoms with Gasteiger partial charge in [-0.1, -0.05) is 12.1 Å². The molecule has 1 heterocycles. The number of amides is 1. The molecule has 0 bridgehead atoms. The molecular formula is C24H28N2O3. The average Bonchev–Trinajstić information content (AvgIpc) is 3.20. The number of hydrogen-bond acceptors (Lipinski definition) is 4. The minimum absolute atomic E-state index is 0.0471. The monoisotopic (exact) mass is 392 g/mol. The van der Waals surface area contributed by atoms with E-state index in [-0.39, 0.29) is 12.0 Å². The number of carbonyl (C=O) groups is 1. The van der Waals surface area contributed by atoms with Crippen molar-refractivity contribution in [2.75, 3.05) is 19.0 Å². The average molecular weight is 392 g/mol. The maximum atomic E-state index is 13.2. The summed E-state index contributed by atoms with van der Waals surface area (Å²) in [4.78, 5) is 17.1. The molecule has 0 fully saturated rings. The molecule has 0 saturated carbocycles. The van der Waals surface area contributed by atoms with Gasteiger partial charge in [-0.05, 0) is 67.9 Å². The van der Waals surface area contributed by atoms with E-state index in [2.05, 4.69) is 29.2 Å². The molecular weight excluding hydrogens is 364 g/mol. The lowest BCUT2D eigenvalue weighted by Crippen LogP contribution is -2.30. The van der Waals surface area contributed by atoms with E-state index in [1.54, 1.807) is 11.2 Å². The molecule has 3 aromatic rings. The van der Waals surface area contributed by atoms with Crippen LogP contribution in [0.3, 0.4) is 0 Å². The number of hydrogen-bond donors (Lipinski definition) is 0. The van der Waals surface area contributed by atoms with Crippen LogP contribution in [-0.4, -0.2) is 31.0 Å². The number of benzene rings is 2. The Morgan fingerprint density at radius 3 is 2.21 bits per heavy atom. The van der Waals surface area contributed by atoms with Crippen LogP contribution < -0.4 is 9.64 Å². The van der Waals surface area contributed by atoms with Gasteiger partial charge in [0.1, 0.15) is 11.5 Å². The van der Waals surface area contributed by atoms with Crippen LogP contribution in [0.2, 0.25) is 0 Å². The second-order valence-electron chi connectivity index (χ2n) is 7.49. The van der Waals surface area contributed by atoms with Crippen molar-refractivity contribution in [2.24, 2.45) is 0 Å². The fourth-order valence-corrected chi connectivity index (χ4v) is 3.04. The van der Waals surface area contributed by atoms with E-state index in [1.807, 2.05) is 64.3 Å². The van der Waals surface area contributed by atoms with Crippen LogP contribution in [0, 0.1) is 0 Å². The zero-order chi connectivity index (χ0) is 20.8. The van der Waals surface area contributed by atoms with Crippen LogP contribution in [0.15, 0.2) is 71.3 Å². The molecule has 0 spiro atoms. The zero-order valence-electron chi connectivity index (χ0n) is 17.5. The van der Waals surface area contributed by atoms with Crippen LogP contribution >= 0.6 is 0 Å². The highest BCUT2D eigenvalue weighted by Gasteiger charge is 2.18. The van der Waals surface area contributed by atoms with Gasteiger partial charge in [-0.2, -0.15) is 0 Å². The van der Waals surface area contributed by atoms with Crippen LogP contribution in [0.5, 0.6) is 5.75 Å². The Labute approximate surface area is 172 Å². The topological polar surface area (TPSA) is 45.9 Å². The van der Waals surface area contributed by atoms with E-state index in [0.717, 1.165) is 22.8 Å². The quantitative estimate of drug-likeness (QED) is 0.543. The van der Waals surface area contributed by atoms with Gasteiger partial charge in [-0.25, -0.2) is 0 Å². The smallest absolute Gasteiger partial charge is 0.254 e. The van der Waals surface area contributed by atoms with Gasteiger partial charge in [-0.3, -0.25) is 4.79 Å². The van der Waals surface area contributed by atoms with E-state index in [4.69, 9.17) is 9.15 Å². The second-order valence-corrected chi connectivity index (χ2v) is 7.49. The fraction of sp³-hybridized carbons (Fsp3) is 0.292. The van der Waals surface area contributed by atoms with Crippen molar-refractivity contribution in [3.63, 3.8) is 0 Å².